The minimum Gasteiger partial charge on any atom is -0.497 e. The molecule has 0 N–H and O–H groups in total. The van der Waals surface area contributed by atoms with Crippen LogP contribution in [0.15, 0.2) is 46.4 Å². The molecule has 0 fully saturated rings. The monoisotopic (exact) mass is 315 g/mol. The largest absolute Gasteiger partial charge is 0.497 e. The van der Waals surface area contributed by atoms with Gasteiger partial charge in [0, 0.05) is 5.56 Å². The van der Waals surface area contributed by atoms with Gasteiger partial charge in [-0.05, 0) is 35.7 Å². The summed E-state index contributed by atoms with van der Waals surface area (Å²) in [6.07, 6.45) is 1.63. The lowest BCUT2D eigenvalue weighted by Gasteiger charge is -2.07. The smallest absolute Gasteiger partial charge is 0.363 e. The van der Waals surface area contributed by atoms with Crippen LogP contribution in [0, 0.1) is 0 Å². The molecule has 112 valence electrons. The molecule has 6 heteroatoms. The predicted octanol–water partition coefficient (Wildman–Crippen LogP) is 3.11. The van der Waals surface area contributed by atoms with Gasteiger partial charge in [0.15, 0.2) is 5.70 Å². The number of esters is 1. The number of ether oxygens (including phenoxy) is 3. The van der Waals surface area contributed by atoms with Gasteiger partial charge in [0.2, 0.25) is 5.90 Å². The second-order valence-corrected chi connectivity index (χ2v) is 5.37. The maximum atomic E-state index is 12.0. The Morgan fingerprint density at radius 2 is 2.09 bits per heavy atom. The number of hydrogen-bond donors (Lipinski definition) is 0. The Morgan fingerprint density at radius 3 is 2.77 bits per heavy atom. The molecule has 0 saturated carbocycles. The minimum absolute atomic E-state index is 0.231. The molecule has 3 rings (SSSR count). The fraction of sp³-hybridized carbons (Fsp3) is 0.125. The third-order valence-electron chi connectivity index (χ3n) is 3.08. The van der Waals surface area contributed by atoms with Crippen LogP contribution >= 0.6 is 11.3 Å². The van der Waals surface area contributed by atoms with E-state index in [0.717, 1.165) is 4.88 Å². The molecule has 0 aliphatic carbocycles. The van der Waals surface area contributed by atoms with Crippen molar-refractivity contribution in [3.05, 3.63) is 51.8 Å². The van der Waals surface area contributed by atoms with E-state index in [1.165, 1.54) is 11.3 Å². The predicted molar refractivity (Wildman–Crippen MR) is 84.5 cm³/mol. The van der Waals surface area contributed by atoms with E-state index in [-0.39, 0.29) is 5.70 Å². The highest BCUT2D eigenvalue weighted by molar-refractivity contribution is 7.12. The highest BCUT2D eigenvalue weighted by Gasteiger charge is 2.25. The van der Waals surface area contributed by atoms with Gasteiger partial charge in [-0.25, -0.2) is 9.79 Å². The Hall–Kier alpha value is -2.60. The number of methoxy groups -OCH3 is 2. The third kappa shape index (κ3) is 2.73. The molecule has 0 unspecified atom stereocenters. The zero-order valence-corrected chi connectivity index (χ0v) is 12.8. The van der Waals surface area contributed by atoms with Crippen LogP contribution in [0.4, 0.5) is 0 Å². The summed E-state index contributed by atoms with van der Waals surface area (Å²) in [5.74, 6) is 1.14. The Labute approximate surface area is 131 Å². The van der Waals surface area contributed by atoms with Crippen molar-refractivity contribution < 1.29 is 19.0 Å². The van der Waals surface area contributed by atoms with E-state index in [2.05, 4.69) is 4.99 Å². The Kier molecular flexibility index (Phi) is 3.93. The molecule has 0 radical (unpaired) electrons. The van der Waals surface area contributed by atoms with Crippen LogP contribution < -0.4 is 9.47 Å². The second-order valence-electron chi connectivity index (χ2n) is 4.42. The lowest BCUT2D eigenvalue weighted by molar-refractivity contribution is -0.129. The van der Waals surface area contributed by atoms with Gasteiger partial charge in [0.05, 0.1) is 19.1 Å². The first-order valence-electron chi connectivity index (χ1n) is 6.49. The lowest BCUT2D eigenvalue weighted by Crippen LogP contribution is -2.03. The van der Waals surface area contributed by atoms with Gasteiger partial charge in [-0.3, -0.25) is 0 Å². The van der Waals surface area contributed by atoms with E-state index < -0.39 is 5.97 Å². The summed E-state index contributed by atoms with van der Waals surface area (Å²) in [5.41, 5.74) is 0.930. The Morgan fingerprint density at radius 1 is 1.23 bits per heavy atom. The summed E-state index contributed by atoms with van der Waals surface area (Å²) in [4.78, 5) is 17.0. The summed E-state index contributed by atoms with van der Waals surface area (Å²) >= 11 is 1.46. The first-order chi connectivity index (χ1) is 10.7. The number of nitrogens with zero attached hydrogens (tertiary/aromatic N) is 1. The van der Waals surface area contributed by atoms with Crippen LogP contribution in [0.2, 0.25) is 0 Å². The van der Waals surface area contributed by atoms with Crippen LogP contribution in [0.5, 0.6) is 11.5 Å². The highest BCUT2D eigenvalue weighted by atomic mass is 32.1. The summed E-state index contributed by atoms with van der Waals surface area (Å²) < 4.78 is 15.7. The molecule has 0 saturated heterocycles. The number of aliphatic imine (C=N–C) groups is 1. The van der Waals surface area contributed by atoms with Gasteiger partial charge < -0.3 is 14.2 Å². The number of benzene rings is 1. The molecule has 1 aromatic carbocycles. The first kappa shape index (κ1) is 14.3. The van der Waals surface area contributed by atoms with Crippen molar-refractivity contribution >= 4 is 29.3 Å². The summed E-state index contributed by atoms with van der Waals surface area (Å²) in [5, 5.41) is 1.90. The van der Waals surface area contributed by atoms with Crippen LogP contribution in [-0.4, -0.2) is 26.1 Å². The standard InChI is InChI=1S/C16H13NO4S/c1-19-11-5-6-13(20-2)10(8-11)9-12-16(18)21-15(17-12)14-4-3-7-22-14/h3-9H,1-2H3. The van der Waals surface area contributed by atoms with E-state index in [9.17, 15) is 4.79 Å². The molecule has 1 aliphatic heterocycles. The van der Waals surface area contributed by atoms with Crippen molar-refractivity contribution in [3.8, 4) is 11.5 Å². The average Bonchev–Trinajstić information content (AvgIpc) is 3.17. The maximum Gasteiger partial charge on any atom is 0.363 e. The van der Waals surface area contributed by atoms with Crippen LogP contribution in [0.1, 0.15) is 10.4 Å². The van der Waals surface area contributed by atoms with E-state index in [1.807, 2.05) is 17.5 Å². The molecule has 2 aromatic rings. The molecular weight excluding hydrogens is 302 g/mol. The van der Waals surface area contributed by atoms with Crippen LogP contribution in [0.3, 0.4) is 0 Å². The van der Waals surface area contributed by atoms with Crippen LogP contribution in [0.25, 0.3) is 6.08 Å². The molecule has 1 aliphatic rings. The molecule has 0 spiro atoms. The molecule has 0 amide bonds. The molecule has 5 nitrogen and oxygen atoms in total. The normalized spacial score (nSPS) is 15.6. The topological polar surface area (TPSA) is 57.1 Å². The molecular formula is C16H13NO4S. The van der Waals surface area contributed by atoms with E-state index >= 15 is 0 Å². The highest BCUT2D eigenvalue weighted by Crippen LogP contribution is 2.28. The zero-order chi connectivity index (χ0) is 15.5. The zero-order valence-electron chi connectivity index (χ0n) is 12.0. The van der Waals surface area contributed by atoms with Gasteiger partial charge in [-0.1, -0.05) is 6.07 Å². The Bertz CT molecular complexity index is 762. The number of thiophene rings is 1. The summed E-state index contributed by atoms with van der Waals surface area (Å²) in [6, 6.07) is 9.07. The van der Waals surface area contributed by atoms with Crippen molar-refractivity contribution in [1.82, 2.24) is 0 Å². The van der Waals surface area contributed by atoms with Gasteiger partial charge in [-0.2, -0.15) is 0 Å². The molecule has 2 heterocycles. The maximum absolute atomic E-state index is 12.0. The van der Waals surface area contributed by atoms with Crippen molar-refractivity contribution in [2.24, 2.45) is 4.99 Å². The fourth-order valence-electron chi connectivity index (χ4n) is 2.01. The first-order valence-corrected chi connectivity index (χ1v) is 7.37. The molecule has 22 heavy (non-hydrogen) atoms. The number of carbonyl (C=O) groups is 1. The van der Waals surface area contributed by atoms with Crippen molar-refractivity contribution in [2.45, 2.75) is 0 Å². The minimum atomic E-state index is -0.478. The molecule has 1 aromatic heterocycles. The molecule has 0 atom stereocenters. The van der Waals surface area contributed by atoms with Gasteiger partial charge >= 0.3 is 5.97 Å². The second kappa shape index (κ2) is 6.03. The number of rotatable bonds is 4. The van der Waals surface area contributed by atoms with Gasteiger partial charge in [0.1, 0.15) is 11.5 Å². The van der Waals surface area contributed by atoms with E-state index in [1.54, 1.807) is 38.5 Å². The van der Waals surface area contributed by atoms with E-state index in [4.69, 9.17) is 14.2 Å². The summed E-state index contributed by atoms with van der Waals surface area (Å²) in [6.45, 7) is 0. The number of cyclic esters (lactones) is 1. The SMILES string of the molecule is COc1ccc(OC)c(C=C2N=C(c3cccs3)OC2=O)c1. The fourth-order valence-corrected chi connectivity index (χ4v) is 2.66. The van der Waals surface area contributed by atoms with Gasteiger partial charge in [-0.15, -0.1) is 11.3 Å². The third-order valence-corrected chi connectivity index (χ3v) is 3.94. The quantitative estimate of drug-likeness (QED) is 0.642. The average molecular weight is 315 g/mol. The van der Waals surface area contributed by atoms with Gasteiger partial charge in [0.25, 0.3) is 0 Å². The number of hydrogen-bond acceptors (Lipinski definition) is 6. The van der Waals surface area contributed by atoms with E-state index in [0.29, 0.717) is 23.0 Å². The van der Waals surface area contributed by atoms with Crippen LogP contribution in [-0.2, 0) is 9.53 Å². The van der Waals surface area contributed by atoms with Crippen molar-refractivity contribution in [1.29, 1.82) is 0 Å². The Balaban J connectivity index is 1.99. The number of carbonyl (C=O) groups excluding carboxylic acids is 1. The van der Waals surface area contributed by atoms with Crippen molar-refractivity contribution in [3.63, 3.8) is 0 Å². The molecule has 0 bridgehead atoms. The summed E-state index contributed by atoms with van der Waals surface area (Å²) in [7, 11) is 3.15. The van der Waals surface area contributed by atoms with Crippen molar-refractivity contribution in [2.75, 3.05) is 14.2 Å². The lowest BCUT2D eigenvalue weighted by atomic mass is 10.1.